The fourth-order valence-electron chi connectivity index (χ4n) is 2.81. The topological polar surface area (TPSA) is 64.6 Å². The summed E-state index contributed by atoms with van der Waals surface area (Å²) >= 11 is 0. The first-order valence-corrected chi connectivity index (χ1v) is 7.32. The molecule has 2 amide bonds. The second-order valence-electron chi connectivity index (χ2n) is 5.31. The number of fused-ring (bicyclic) bond motifs is 1. The summed E-state index contributed by atoms with van der Waals surface area (Å²) < 4.78 is 10.5. The zero-order valence-corrected chi connectivity index (χ0v) is 13.0. The molecule has 0 atom stereocenters. The van der Waals surface area contributed by atoms with Crippen LogP contribution < -0.4 is 14.8 Å². The molecule has 5 heteroatoms. The number of rotatable bonds is 5. The zero-order chi connectivity index (χ0) is 16.4. The van der Waals surface area contributed by atoms with Crippen molar-refractivity contribution in [3.05, 3.63) is 58.7 Å². The molecule has 0 unspecified atom stereocenters. The summed E-state index contributed by atoms with van der Waals surface area (Å²) in [6.45, 7) is 0. The van der Waals surface area contributed by atoms with Crippen molar-refractivity contribution in [3.63, 3.8) is 0 Å². The van der Waals surface area contributed by atoms with Gasteiger partial charge in [-0.2, -0.15) is 0 Å². The van der Waals surface area contributed by atoms with Gasteiger partial charge in [-0.05, 0) is 42.2 Å². The summed E-state index contributed by atoms with van der Waals surface area (Å²) in [7, 11) is 3.20. The normalized spacial score (nSPS) is 12.8. The molecule has 0 spiro atoms. The molecular formula is C18H17NO4. The number of carbonyl (C=O) groups excluding carboxylic acids is 2. The molecule has 0 aliphatic carbocycles. The van der Waals surface area contributed by atoms with Gasteiger partial charge in [-0.3, -0.25) is 14.9 Å². The van der Waals surface area contributed by atoms with Gasteiger partial charge in [-0.1, -0.05) is 18.2 Å². The predicted molar refractivity (Wildman–Crippen MR) is 85.2 cm³/mol. The molecule has 1 heterocycles. The van der Waals surface area contributed by atoms with Crippen LogP contribution in [-0.4, -0.2) is 26.0 Å². The van der Waals surface area contributed by atoms with Crippen molar-refractivity contribution in [2.75, 3.05) is 14.2 Å². The minimum absolute atomic E-state index is 0.312. The monoisotopic (exact) mass is 311 g/mol. The molecule has 0 saturated carbocycles. The lowest BCUT2D eigenvalue weighted by Crippen LogP contribution is -2.20. The summed E-state index contributed by atoms with van der Waals surface area (Å²) in [5.41, 5.74) is 2.91. The highest BCUT2D eigenvalue weighted by Crippen LogP contribution is 2.28. The third kappa shape index (κ3) is 2.77. The van der Waals surface area contributed by atoms with Crippen LogP contribution in [-0.2, 0) is 12.8 Å². The molecule has 2 aromatic rings. The van der Waals surface area contributed by atoms with Crippen LogP contribution >= 0.6 is 0 Å². The fraction of sp³-hybridized carbons (Fsp3) is 0.222. The highest BCUT2D eigenvalue weighted by Gasteiger charge is 2.28. The third-order valence-corrected chi connectivity index (χ3v) is 3.98. The second kappa shape index (κ2) is 6.12. The number of aryl methyl sites for hydroxylation is 2. The first kappa shape index (κ1) is 15.1. The van der Waals surface area contributed by atoms with Crippen molar-refractivity contribution >= 4 is 11.8 Å². The minimum Gasteiger partial charge on any atom is -0.493 e. The summed E-state index contributed by atoms with van der Waals surface area (Å²) in [5, 5.41) is 2.34. The second-order valence-corrected chi connectivity index (χ2v) is 5.31. The maximum absolute atomic E-state index is 11.9. The number of amides is 2. The smallest absolute Gasteiger partial charge is 0.259 e. The Hall–Kier alpha value is -2.82. The number of imide groups is 1. The molecule has 0 fully saturated rings. The van der Waals surface area contributed by atoms with Gasteiger partial charge in [0.05, 0.1) is 25.3 Å². The van der Waals surface area contributed by atoms with Crippen molar-refractivity contribution in [1.29, 1.82) is 0 Å². The zero-order valence-electron chi connectivity index (χ0n) is 13.0. The number of carbonyl (C=O) groups is 2. The van der Waals surface area contributed by atoms with E-state index in [2.05, 4.69) is 5.32 Å². The standard InChI is InChI=1S/C18H17NO4/c1-22-14-9-7-11(10-15(14)23-2)6-8-12-4-3-5-13-16(12)18(21)19-17(13)20/h3-5,7,9-10H,6,8H2,1-2H3,(H,19,20,21). The molecule has 0 saturated heterocycles. The van der Waals surface area contributed by atoms with Gasteiger partial charge in [0.15, 0.2) is 11.5 Å². The van der Waals surface area contributed by atoms with Gasteiger partial charge in [0.2, 0.25) is 0 Å². The quantitative estimate of drug-likeness (QED) is 0.861. The van der Waals surface area contributed by atoms with E-state index in [4.69, 9.17) is 9.47 Å². The van der Waals surface area contributed by atoms with E-state index in [-0.39, 0.29) is 11.8 Å². The van der Waals surface area contributed by atoms with Gasteiger partial charge < -0.3 is 9.47 Å². The largest absolute Gasteiger partial charge is 0.493 e. The van der Waals surface area contributed by atoms with Crippen LogP contribution in [0.25, 0.3) is 0 Å². The van der Waals surface area contributed by atoms with Crippen LogP contribution in [0.5, 0.6) is 11.5 Å². The van der Waals surface area contributed by atoms with E-state index in [9.17, 15) is 9.59 Å². The molecule has 3 rings (SSSR count). The Bertz CT molecular complexity index is 783. The molecule has 0 aromatic heterocycles. The minimum atomic E-state index is -0.321. The molecule has 1 aliphatic heterocycles. The van der Waals surface area contributed by atoms with E-state index >= 15 is 0 Å². The molecule has 118 valence electrons. The lowest BCUT2D eigenvalue weighted by atomic mass is 9.97. The van der Waals surface area contributed by atoms with Crippen molar-refractivity contribution < 1.29 is 19.1 Å². The number of hydrogen-bond donors (Lipinski definition) is 1. The Balaban J connectivity index is 1.83. The van der Waals surface area contributed by atoms with Crippen LogP contribution in [0.4, 0.5) is 0 Å². The Morgan fingerprint density at radius 1 is 0.913 bits per heavy atom. The average Bonchev–Trinajstić information content (AvgIpc) is 2.87. The third-order valence-electron chi connectivity index (χ3n) is 3.98. The Morgan fingerprint density at radius 2 is 1.70 bits per heavy atom. The molecule has 1 aliphatic rings. The lowest BCUT2D eigenvalue weighted by Gasteiger charge is -2.10. The van der Waals surface area contributed by atoms with E-state index in [0.29, 0.717) is 29.0 Å². The molecular weight excluding hydrogens is 294 g/mol. The van der Waals surface area contributed by atoms with Crippen molar-refractivity contribution in [1.82, 2.24) is 5.32 Å². The maximum atomic E-state index is 11.9. The molecule has 0 radical (unpaired) electrons. The SMILES string of the molecule is COc1ccc(CCc2cccc3c2C(=O)NC3=O)cc1OC. The lowest BCUT2D eigenvalue weighted by molar-refractivity contribution is 0.0879. The highest BCUT2D eigenvalue weighted by atomic mass is 16.5. The first-order valence-electron chi connectivity index (χ1n) is 7.32. The van der Waals surface area contributed by atoms with E-state index < -0.39 is 0 Å². The van der Waals surface area contributed by atoms with Gasteiger partial charge in [-0.25, -0.2) is 0 Å². The summed E-state index contributed by atoms with van der Waals surface area (Å²) in [6.07, 6.45) is 1.40. The Kier molecular flexibility index (Phi) is 4.02. The number of ether oxygens (including phenoxy) is 2. The molecule has 2 aromatic carbocycles. The highest BCUT2D eigenvalue weighted by molar-refractivity contribution is 6.22. The average molecular weight is 311 g/mol. The van der Waals surface area contributed by atoms with Crippen molar-refractivity contribution in [3.8, 4) is 11.5 Å². The Labute approximate surface area is 134 Å². The maximum Gasteiger partial charge on any atom is 0.259 e. The van der Waals surface area contributed by atoms with Gasteiger partial charge in [0, 0.05) is 0 Å². The Morgan fingerprint density at radius 3 is 2.43 bits per heavy atom. The van der Waals surface area contributed by atoms with Gasteiger partial charge >= 0.3 is 0 Å². The van der Waals surface area contributed by atoms with E-state index in [1.54, 1.807) is 26.4 Å². The number of benzene rings is 2. The van der Waals surface area contributed by atoms with Crippen molar-refractivity contribution in [2.45, 2.75) is 12.8 Å². The molecule has 1 N–H and O–H groups in total. The predicted octanol–water partition coefficient (Wildman–Crippen LogP) is 2.37. The van der Waals surface area contributed by atoms with Crippen LogP contribution in [0, 0.1) is 0 Å². The van der Waals surface area contributed by atoms with Crippen LogP contribution in [0.15, 0.2) is 36.4 Å². The number of methoxy groups -OCH3 is 2. The summed E-state index contributed by atoms with van der Waals surface area (Å²) in [4.78, 5) is 23.6. The summed E-state index contributed by atoms with van der Waals surface area (Å²) in [5.74, 6) is 0.726. The van der Waals surface area contributed by atoms with Crippen molar-refractivity contribution in [2.24, 2.45) is 0 Å². The van der Waals surface area contributed by atoms with Crippen LogP contribution in [0.3, 0.4) is 0 Å². The van der Waals surface area contributed by atoms with Crippen LogP contribution in [0.1, 0.15) is 31.8 Å². The van der Waals surface area contributed by atoms with Crippen LogP contribution in [0.2, 0.25) is 0 Å². The van der Waals surface area contributed by atoms with Gasteiger partial charge in [0.1, 0.15) is 0 Å². The number of hydrogen-bond acceptors (Lipinski definition) is 4. The van der Waals surface area contributed by atoms with E-state index in [1.165, 1.54) is 0 Å². The van der Waals surface area contributed by atoms with Gasteiger partial charge in [-0.15, -0.1) is 0 Å². The number of nitrogens with one attached hydrogen (secondary N) is 1. The molecule has 0 bridgehead atoms. The fourth-order valence-corrected chi connectivity index (χ4v) is 2.81. The van der Waals surface area contributed by atoms with E-state index in [1.807, 2.05) is 24.3 Å². The molecule has 23 heavy (non-hydrogen) atoms. The van der Waals surface area contributed by atoms with E-state index in [0.717, 1.165) is 17.5 Å². The molecule has 5 nitrogen and oxygen atoms in total. The van der Waals surface area contributed by atoms with Gasteiger partial charge in [0.25, 0.3) is 11.8 Å². The summed E-state index contributed by atoms with van der Waals surface area (Å²) in [6, 6.07) is 11.1. The first-order chi connectivity index (χ1) is 11.1.